The number of amides is 3. The van der Waals surface area contributed by atoms with Gasteiger partial charge >= 0.3 is 6.03 Å². The molecule has 138 valence electrons. The highest BCUT2D eigenvalue weighted by Crippen LogP contribution is 2.19. The van der Waals surface area contributed by atoms with E-state index in [0.29, 0.717) is 18.8 Å². The average Bonchev–Trinajstić information content (AvgIpc) is 2.59. The monoisotopic (exact) mass is 419 g/mol. The van der Waals surface area contributed by atoms with Crippen molar-refractivity contribution < 1.29 is 14.3 Å². The van der Waals surface area contributed by atoms with Gasteiger partial charge in [0.2, 0.25) is 5.91 Å². The summed E-state index contributed by atoms with van der Waals surface area (Å²) in [5.74, 6) is 0.470. The zero-order chi connectivity index (χ0) is 18.9. The Morgan fingerprint density at radius 3 is 2.62 bits per heavy atom. The van der Waals surface area contributed by atoms with Crippen LogP contribution in [-0.4, -0.2) is 31.6 Å². The van der Waals surface area contributed by atoms with Gasteiger partial charge in [0, 0.05) is 10.2 Å². The fourth-order valence-electron chi connectivity index (χ4n) is 2.22. The molecule has 0 spiro atoms. The van der Waals surface area contributed by atoms with E-state index in [4.69, 9.17) is 4.74 Å². The molecule has 0 saturated heterocycles. The first-order valence-electron chi connectivity index (χ1n) is 8.21. The van der Waals surface area contributed by atoms with E-state index in [1.165, 1.54) is 0 Å². The maximum atomic E-state index is 11.9. The number of aryl methyl sites for hydroxylation is 2. The summed E-state index contributed by atoms with van der Waals surface area (Å²) in [7, 11) is 0. The van der Waals surface area contributed by atoms with Gasteiger partial charge in [0.05, 0.1) is 13.1 Å². The molecule has 3 amide bonds. The summed E-state index contributed by atoms with van der Waals surface area (Å²) in [6, 6.07) is 12.8. The molecule has 0 atom stereocenters. The van der Waals surface area contributed by atoms with Crippen molar-refractivity contribution in [1.29, 1.82) is 0 Å². The van der Waals surface area contributed by atoms with E-state index in [-0.39, 0.29) is 12.5 Å². The Balaban J connectivity index is 1.64. The lowest BCUT2D eigenvalue weighted by molar-refractivity contribution is -0.115. The second-order valence-electron chi connectivity index (χ2n) is 5.78. The summed E-state index contributed by atoms with van der Waals surface area (Å²) >= 11 is 3.37. The van der Waals surface area contributed by atoms with Gasteiger partial charge in [-0.15, -0.1) is 0 Å². The van der Waals surface area contributed by atoms with Crippen molar-refractivity contribution in [3.8, 4) is 5.75 Å². The summed E-state index contributed by atoms with van der Waals surface area (Å²) in [6.07, 6.45) is 0. The van der Waals surface area contributed by atoms with Crippen LogP contribution >= 0.6 is 15.9 Å². The van der Waals surface area contributed by atoms with Crippen molar-refractivity contribution in [1.82, 2.24) is 10.6 Å². The smallest absolute Gasteiger partial charge is 0.315 e. The maximum Gasteiger partial charge on any atom is 0.315 e. The molecular formula is C19H22BrN3O3. The number of anilines is 1. The number of hydrogen-bond acceptors (Lipinski definition) is 3. The topological polar surface area (TPSA) is 79.5 Å². The second-order valence-corrected chi connectivity index (χ2v) is 6.70. The fourth-order valence-corrected chi connectivity index (χ4v) is 2.70. The van der Waals surface area contributed by atoms with Gasteiger partial charge in [-0.05, 0) is 55.3 Å². The first-order chi connectivity index (χ1) is 12.4. The van der Waals surface area contributed by atoms with Crippen LogP contribution in [0.2, 0.25) is 0 Å². The molecule has 6 nitrogen and oxygen atoms in total. The van der Waals surface area contributed by atoms with Crippen LogP contribution in [0.4, 0.5) is 10.5 Å². The molecule has 3 N–H and O–H groups in total. The molecule has 7 heteroatoms. The van der Waals surface area contributed by atoms with Gasteiger partial charge in [-0.2, -0.15) is 0 Å². The van der Waals surface area contributed by atoms with E-state index in [1.807, 2.05) is 50.2 Å². The van der Waals surface area contributed by atoms with Gasteiger partial charge in [0.1, 0.15) is 12.4 Å². The number of rotatable bonds is 7. The van der Waals surface area contributed by atoms with E-state index in [2.05, 4.69) is 31.9 Å². The highest BCUT2D eigenvalue weighted by Gasteiger charge is 2.07. The number of ether oxygens (including phenoxy) is 1. The average molecular weight is 420 g/mol. The second kappa shape index (κ2) is 9.82. The first kappa shape index (κ1) is 19.8. The lowest BCUT2D eigenvalue weighted by Gasteiger charge is -2.11. The number of carbonyl (C=O) groups is 2. The predicted molar refractivity (Wildman–Crippen MR) is 106 cm³/mol. The summed E-state index contributed by atoms with van der Waals surface area (Å²) in [5.41, 5.74) is 2.76. The van der Waals surface area contributed by atoms with Crippen LogP contribution in [0.1, 0.15) is 11.1 Å². The van der Waals surface area contributed by atoms with Crippen molar-refractivity contribution in [3.63, 3.8) is 0 Å². The molecule has 0 aliphatic rings. The minimum atomic E-state index is -0.416. The number of urea groups is 1. The molecule has 0 radical (unpaired) electrons. The van der Waals surface area contributed by atoms with E-state index in [0.717, 1.165) is 21.3 Å². The molecule has 0 unspecified atom stereocenters. The van der Waals surface area contributed by atoms with Gasteiger partial charge < -0.3 is 20.7 Å². The molecule has 0 aromatic heterocycles. The minimum absolute atomic E-state index is 0.111. The standard InChI is InChI=1S/C19H22BrN3O3/c1-13-4-3-5-16(10-13)26-9-8-21-19(25)22-12-18(24)23-17-7-6-15(20)11-14(17)2/h3-7,10-11H,8-9,12H2,1-2H3,(H,23,24)(H2,21,22,25). The highest BCUT2D eigenvalue weighted by molar-refractivity contribution is 9.10. The van der Waals surface area contributed by atoms with Crippen molar-refractivity contribution in [2.24, 2.45) is 0 Å². The van der Waals surface area contributed by atoms with Crippen molar-refractivity contribution in [2.75, 3.05) is 25.0 Å². The van der Waals surface area contributed by atoms with Gasteiger partial charge in [-0.25, -0.2) is 4.79 Å². The number of halogens is 1. The number of benzene rings is 2. The summed E-state index contributed by atoms with van der Waals surface area (Å²) in [4.78, 5) is 23.6. The molecule has 0 heterocycles. The van der Waals surface area contributed by atoms with Gasteiger partial charge in [-0.1, -0.05) is 28.1 Å². The van der Waals surface area contributed by atoms with Crippen LogP contribution in [0.3, 0.4) is 0 Å². The van der Waals surface area contributed by atoms with Crippen LogP contribution in [0.5, 0.6) is 5.75 Å². The predicted octanol–water partition coefficient (Wildman–Crippen LogP) is 3.38. The number of carbonyl (C=O) groups excluding carboxylic acids is 2. The summed E-state index contributed by atoms with van der Waals surface area (Å²) < 4.78 is 6.48. The number of nitrogens with one attached hydrogen (secondary N) is 3. The lowest BCUT2D eigenvalue weighted by atomic mass is 10.2. The van der Waals surface area contributed by atoms with Crippen molar-refractivity contribution in [3.05, 3.63) is 58.1 Å². The van der Waals surface area contributed by atoms with Gasteiger partial charge in [0.25, 0.3) is 0 Å². The van der Waals surface area contributed by atoms with Crippen LogP contribution in [-0.2, 0) is 4.79 Å². The lowest BCUT2D eigenvalue weighted by Crippen LogP contribution is -2.41. The Morgan fingerprint density at radius 1 is 1.08 bits per heavy atom. The van der Waals surface area contributed by atoms with E-state index in [1.54, 1.807) is 6.07 Å². The molecule has 0 bridgehead atoms. The van der Waals surface area contributed by atoms with Gasteiger partial charge in [-0.3, -0.25) is 4.79 Å². The minimum Gasteiger partial charge on any atom is -0.492 e. The third kappa shape index (κ3) is 6.76. The molecule has 2 rings (SSSR count). The van der Waals surface area contributed by atoms with Crippen LogP contribution in [0.15, 0.2) is 46.9 Å². The zero-order valence-electron chi connectivity index (χ0n) is 14.8. The molecular weight excluding hydrogens is 398 g/mol. The quantitative estimate of drug-likeness (QED) is 0.601. The summed E-state index contributed by atoms with van der Waals surface area (Å²) in [6.45, 7) is 4.46. The fraction of sp³-hybridized carbons (Fsp3) is 0.263. The third-order valence-electron chi connectivity index (χ3n) is 3.52. The summed E-state index contributed by atoms with van der Waals surface area (Å²) in [5, 5.41) is 7.92. The third-order valence-corrected chi connectivity index (χ3v) is 4.01. The van der Waals surface area contributed by atoms with Crippen molar-refractivity contribution >= 4 is 33.6 Å². The van der Waals surface area contributed by atoms with E-state index >= 15 is 0 Å². The molecule has 26 heavy (non-hydrogen) atoms. The van der Waals surface area contributed by atoms with E-state index in [9.17, 15) is 9.59 Å². The molecule has 0 aliphatic heterocycles. The Labute approximate surface area is 161 Å². The molecule has 0 fully saturated rings. The van der Waals surface area contributed by atoms with E-state index < -0.39 is 6.03 Å². The highest BCUT2D eigenvalue weighted by atomic mass is 79.9. The van der Waals surface area contributed by atoms with Crippen molar-refractivity contribution in [2.45, 2.75) is 13.8 Å². The Bertz CT molecular complexity index is 780. The molecule has 0 saturated carbocycles. The molecule has 2 aromatic carbocycles. The largest absolute Gasteiger partial charge is 0.492 e. The normalized spacial score (nSPS) is 10.1. The van der Waals surface area contributed by atoms with Crippen LogP contribution in [0, 0.1) is 13.8 Å². The maximum absolute atomic E-state index is 11.9. The zero-order valence-corrected chi connectivity index (χ0v) is 16.4. The number of hydrogen-bond donors (Lipinski definition) is 3. The molecule has 0 aliphatic carbocycles. The first-order valence-corrected chi connectivity index (χ1v) is 9.00. The molecule has 2 aromatic rings. The van der Waals surface area contributed by atoms with Crippen LogP contribution < -0.4 is 20.7 Å². The van der Waals surface area contributed by atoms with Gasteiger partial charge in [0.15, 0.2) is 0 Å². The Hall–Kier alpha value is -2.54. The Kier molecular flexibility index (Phi) is 7.47. The SMILES string of the molecule is Cc1cccc(OCCNC(=O)NCC(=O)Nc2ccc(Br)cc2C)c1. The van der Waals surface area contributed by atoms with Crippen LogP contribution in [0.25, 0.3) is 0 Å². The Morgan fingerprint density at radius 2 is 1.88 bits per heavy atom.